The predicted octanol–water partition coefficient (Wildman–Crippen LogP) is 6.11. The van der Waals surface area contributed by atoms with Gasteiger partial charge in [-0.3, -0.25) is 0 Å². The van der Waals surface area contributed by atoms with Crippen LogP contribution in [0, 0.1) is 0 Å². The van der Waals surface area contributed by atoms with Crippen LogP contribution in [0.3, 0.4) is 0 Å². The van der Waals surface area contributed by atoms with E-state index in [1.807, 2.05) is 18.2 Å². The first-order valence-electron chi connectivity index (χ1n) is 14.0. The van der Waals surface area contributed by atoms with E-state index in [1.165, 1.54) is 89.0 Å². The molecule has 0 heterocycles. The maximum atomic E-state index is 12.1. The van der Waals surface area contributed by atoms with Gasteiger partial charge in [0.1, 0.15) is 10.1 Å². The van der Waals surface area contributed by atoms with Crippen LogP contribution in [0.1, 0.15) is 128 Å². The summed E-state index contributed by atoms with van der Waals surface area (Å²) in [6.45, 7) is 4.49. The van der Waals surface area contributed by atoms with Gasteiger partial charge in [0.05, 0.1) is 4.90 Å². The first kappa shape index (κ1) is 33.3. The summed E-state index contributed by atoms with van der Waals surface area (Å²) in [7, 11) is -4.51. The number of fused-ring (bicyclic) bond motifs is 1. The molecule has 0 atom stereocenters. The van der Waals surface area contributed by atoms with Crippen molar-refractivity contribution >= 4 is 20.9 Å². The molecule has 0 bridgehead atoms. The van der Waals surface area contributed by atoms with Crippen molar-refractivity contribution in [1.29, 1.82) is 0 Å². The van der Waals surface area contributed by atoms with Gasteiger partial charge < -0.3 is 4.55 Å². The Morgan fingerprint density at radius 3 is 1.54 bits per heavy atom. The van der Waals surface area contributed by atoms with Crippen molar-refractivity contribution in [3.8, 4) is 0 Å². The second kappa shape index (κ2) is 19.3. The summed E-state index contributed by atoms with van der Waals surface area (Å²) in [4.78, 5) is -0.0441. The zero-order valence-corrected chi connectivity index (χ0v) is 26.7. The topological polar surface area (TPSA) is 57.2 Å². The van der Waals surface area contributed by atoms with Gasteiger partial charge in [0.25, 0.3) is 0 Å². The third-order valence-corrected chi connectivity index (χ3v) is 7.94. The molecule has 0 unspecified atom stereocenters. The fourth-order valence-electron chi connectivity index (χ4n) is 5.07. The molecule has 0 spiro atoms. The van der Waals surface area contributed by atoms with E-state index in [4.69, 9.17) is 0 Å². The van der Waals surface area contributed by atoms with Gasteiger partial charge in [-0.05, 0) is 53.6 Å². The molecule has 2 rings (SSSR count). The maximum Gasteiger partial charge on any atom is 1.00 e. The van der Waals surface area contributed by atoms with Crippen LogP contribution in [0.15, 0.2) is 35.2 Å². The van der Waals surface area contributed by atoms with E-state index < -0.39 is 10.1 Å². The molecule has 0 aliphatic rings. The Kier molecular flexibility index (Phi) is 18.4. The maximum absolute atomic E-state index is 12.1. The molecule has 0 aliphatic carbocycles. The largest absolute Gasteiger partial charge is 1.00 e. The quantitative estimate of drug-likeness (QED) is 0.126. The van der Waals surface area contributed by atoms with E-state index in [2.05, 4.69) is 13.8 Å². The molecule has 0 saturated carbocycles. The summed E-state index contributed by atoms with van der Waals surface area (Å²) in [5, 5.41) is 1.55. The van der Waals surface area contributed by atoms with Crippen molar-refractivity contribution in [2.75, 3.05) is 0 Å². The van der Waals surface area contributed by atoms with Crippen molar-refractivity contribution in [1.82, 2.24) is 0 Å². The van der Waals surface area contributed by atoms with Gasteiger partial charge in [-0.2, -0.15) is 0 Å². The minimum Gasteiger partial charge on any atom is -0.744 e. The number of unbranched alkanes of at least 4 members (excludes halogenated alkanes) is 14. The fourth-order valence-corrected chi connectivity index (χ4v) is 5.80. The molecule has 5 heteroatoms. The van der Waals surface area contributed by atoms with Gasteiger partial charge in [-0.25, -0.2) is 8.42 Å². The number of hydrogen-bond acceptors (Lipinski definition) is 3. The monoisotopic (exact) mass is 526 g/mol. The van der Waals surface area contributed by atoms with E-state index in [-0.39, 0.29) is 56.3 Å². The number of aryl methyl sites for hydroxylation is 2. The third-order valence-electron chi connectivity index (χ3n) is 7.06. The van der Waals surface area contributed by atoms with Gasteiger partial charge in [0, 0.05) is 0 Å². The van der Waals surface area contributed by atoms with Crippen molar-refractivity contribution in [2.45, 2.75) is 134 Å². The summed E-state index contributed by atoms with van der Waals surface area (Å²) in [5.41, 5.74) is 2.33. The Morgan fingerprint density at radius 2 is 1.06 bits per heavy atom. The minimum absolute atomic E-state index is 0. The van der Waals surface area contributed by atoms with Crippen molar-refractivity contribution in [3.63, 3.8) is 0 Å². The van der Waals surface area contributed by atoms with E-state index in [1.54, 1.807) is 12.1 Å². The van der Waals surface area contributed by atoms with Crippen LogP contribution < -0.4 is 51.4 Å². The van der Waals surface area contributed by atoms with E-state index in [0.29, 0.717) is 5.39 Å². The molecule has 0 N–H and O–H groups in total. The number of hydrogen-bond donors (Lipinski definition) is 0. The first-order valence-corrected chi connectivity index (χ1v) is 15.4. The molecule has 2 aromatic rings. The molecule has 0 aliphatic heterocycles. The van der Waals surface area contributed by atoms with Crippen molar-refractivity contribution in [3.05, 3.63) is 41.5 Å². The average molecular weight is 527 g/mol. The van der Waals surface area contributed by atoms with E-state index in [0.717, 1.165) is 43.1 Å². The van der Waals surface area contributed by atoms with E-state index in [9.17, 15) is 13.0 Å². The first-order chi connectivity index (χ1) is 16.5. The van der Waals surface area contributed by atoms with Crippen LogP contribution in [-0.2, 0) is 23.0 Å². The molecule has 0 amide bonds. The molecule has 2 aromatic carbocycles. The number of rotatable bonds is 19. The van der Waals surface area contributed by atoms with Crippen molar-refractivity contribution < 1.29 is 64.4 Å². The molecule has 3 nitrogen and oxygen atoms in total. The smallest absolute Gasteiger partial charge is 0.744 e. The molecule has 192 valence electrons. The van der Waals surface area contributed by atoms with Crippen LogP contribution in [0.5, 0.6) is 0 Å². The molecule has 0 radical (unpaired) electrons. The van der Waals surface area contributed by atoms with Crippen LogP contribution in [0.25, 0.3) is 10.8 Å². The van der Waals surface area contributed by atoms with Gasteiger partial charge in [-0.1, -0.05) is 128 Å². The second-order valence-corrected chi connectivity index (χ2v) is 11.3. The Hall–Kier alpha value is 0.246. The third kappa shape index (κ3) is 12.6. The zero-order valence-electron chi connectivity index (χ0n) is 22.7. The van der Waals surface area contributed by atoms with E-state index >= 15 is 0 Å². The SMILES string of the molecule is CCCCCCCCCCc1cc(S(=O)(=O)[O-])c2ccccc2c1CCCCCCCCCC.[K+]. The summed E-state index contributed by atoms with van der Waals surface area (Å²) in [6.07, 6.45) is 22.0. The summed E-state index contributed by atoms with van der Waals surface area (Å²) in [5.74, 6) is 0. The Balaban J connectivity index is 0.00000612. The Morgan fingerprint density at radius 1 is 0.629 bits per heavy atom. The van der Waals surface area contributed by atoms with Gasteiger partial charge in [0.2, 0.25) is 0 Å². The molecule has 0 fully saturated rings. The molecular formula is C30H47KO3S. The van der Waals surface area contributed by atoms with Crippen LogP contribution in [0.2, 0.25) is 0 Å². The molecule has 0 saturated heterocycles. The number of benzene rings is 2. The normalized spacial score (nSPS) is 11.6. The minimum atomic E-state index is -4.51. The van der Waals surface area contributed by atoms with Gasteiger partial charge >= 0.3 is 51.4 Å². The van der Waals surface area contributed by atoms with Gasteiger partial charge in [-0.15, -0.1) is 0 Å². The average Bonchev–Trinajstić information content (AvgIpc) is 2.82. The molecular weight excluding hydrogens is 479 g/mol. The van der Waals surface area contributed by atoms with Crippen molar-refractivity contribution in [2.24, 2.45) is 0 Å². The summed E-state index contributed by atoms with van der Waals surface area (Å²) < 4.78 is 36.2. The van der Waals surface area contributed by atoms with Crippen LogP contribution in [0.4, 0.5) is 0 Å². The summed E-state index contributed by atoms with van der Waals surface area (Å²) in [6, 6.07) is 9.28. The zero-order chi connectivity index (χ0) is 24.7. The standard InChI is InChI=1S/C30H48O3S.K/c1-3-5-7-9-11-13-15-17-21-26-25-30(34(31,32)33)29-24-20-19-23-28(29)27(26)22-18-16-14-12-10-8-6-4-2;/h19-20,23-25H,3-18,21-22H2,1-2H3,(H,31,32,33);/q;+1/p-1. The predicted molar refractivity (Wildman–Crippen MR) is 145 cm³/mol. The van der Waals surface area contributed by atoms with Crippen LogP contribution >= 0.6 is 0 Å². The van der Waals surface area contributed by atoms with Crippen LogP contribution in [-0.4, -0.2) is 13.0 Å². The van der Waals surface area contributed by atoms with Gasteiger partial charge in [0.15, 0.2) is 0 Å². The fraction of sp³-hybridized carbons (Fsp3) is 0.667. The summed E-state index contributed by atoms with van der Waals surface area (Å²) >= 11 is 0. The molecule has 0 aromatic heterocycles. The second-order valence-electron chi connectivity index (χ2n) is 9.96. The Bertz CT molecular complexity index is 940. The molecule has 35 heavy (non-hydrogen) atoms. The Labute approximate surface area is 258 Å².